The zero-order valence-corrected chi connectivity index (χ0v) is 14.7. The summed E-state index contributed by atoms with van der Waals surface area (Å²) in [6, 6.07) is 0.246. The molecule has 132 valence electrons. The fraction of sp³-hybridized carbons (Fsp3) is 0.889. The summed E-state index contributed by atoms with van der Waals surface area (Å²) >= 11 is 0. The first kappa shape index (κ1) is 18.2. The average Bonchev–Trinajstić information content (AvgIpc) is 3.00. The Labute approximate surface area is 140 Å². The Balaban J connectivity index is 1.69. The number of nitrogens with two attached hydrogens (primary N) is 1. The topological polar surface area (TPSA) is 84.2 Å². The maximum Gasteiger partial charge on any atom is 0.223 e. The van der Waals surface area contributed by atoms with Crippen LogP contribution in [0.15, 0.2) is 0 Å². The quantitative estimate of drug-likeness (QED) is 0.700. The van der Waals surface area contributed by atoms with Gasteiger partial charge in [-0.2, -0.15) is 0 Å². The standard InChI is InChI=1S/C18H33N3O2/c1-18(2,12-19)21-17(23)14-7-9-15(10-8-14)20-16(22)11-13-5-3-4-6-13/h13-15H,3-12,19H2,1-2H3,(H,20,22)(H,21,23). The van der Waals surface area contributed by atoms with Crippen molar-refractivity contribution in [3.8, 4) is 0 Å². The van der Waals surface area contributed by atoms with E-state index in [9.17, 15) is 9.59 Å². The van der Waals surface area contributed by atoms with Crippen LogP contribution in [0.3, 0.4) is 0 Å². The number of carbonyl (C=O) groups excluding carboxylic acids is 2. The molecule has 0 radical (unpaired) electrons. The van der Waals surface area contributed by atoms with Gasteiger partial charge in [0.25, 0.3) is 0 Å². The van der Waals surface area contributed by atoms with Crippen LogP contribution in [0.4, 0.5) is 0 Å². The van der Waals surface area contributed by atoms with Crippen molar-refractivity contribution in [2.24, 2.45) is 17.6 Å². The van der Waals surface area contributed by atoms with E-state index >= 15 is 0 Å². The van der Waals surface area contributed by atoms with E-state index in [1.54, 1.807) is 0 Å². The molecule has 0 bridgehead atoms. The molecule has 0 aromatic carbocycles. The maximum absolute atomic E-state index is 12.3. The Morgan fingerprint density at radius 1 is 1.04 bits per heavy atom. The summed E-state index contributed by atoms with van der Waals surface area (Å²) in [6.07, 6.45) is 9.14. The molecule has 0 aromatic heterocycles. The Morgan fingerprint density at radius 3 is 2.22 bits per heavy atom. The summed E-state index contributed by atoms with van der Waals surface area (Å²) in [5.41, 5.74) is 5.32. The number of carbonyl (C=O) groups is 2. The van der Waals surface area contributed by atoms with E-state index in [0.717, 1.165) is 25.7 Å². The summed E-state index contributed by atoms with van der Waals surface area (Å²) in [7, 11) is 0. The van der Waals surface area contributed by atoms with Gasteiger partial charge in [0.05, 0.1) is 0 Å². The molecule has 0 atom stereocenters. The van der Waals surface area contributed by atoms with Gasteiger partial charge in [-0.1, -0.05) is 12.8 Å². The molecule has 5 nitrogen and oxygen atoms in total. The lowest BCUT2D eigenvalue weighted by molar-refractivity contribution is -0.127. The van der Waals surface area contributed by atoms with Crippen molar-refractivity contribution in [2.75, 3.05) is 6.54 Å². The molecule has 2 aliphatic carbocycles. The number of rotatable bonds is 6. The molecule has 2 aliphatic rings. The smallest absolute Gasteiger partial charge is 0.223 e. The average molecular weight is 323 g/mol. The third-order valence-corrected chi connectivity index (χ3v) is 5.38. The third-order valence-electron chi connectivity index (χ3n) is 5.38. The predicted molar refractivity (Wildman–Crippen MR) is 91.7 cm³/mol. The van der Waals surface area contributed by atoms with Gasteiger partial charge in [-0.25, -0.2) is 0 Å². The molecule has 2 fully saturated rings. The summed E-state index contributed by atoms with van der Waals surface area (Å²) < 4.78 is 0. The molecule has 2 amide bonds. The van der Waals surface area contributed by atoms with Gasteiger partial charge in [0.1, 0.15) is 0 Å². The van der Waals surface area contributed by atoms with Crippen molar-refractivity contribution in [2.45, 2.75) is 83.2 Å². The molecule has 2 rings (SSSR count). The second-order valence-corrected chi connectivity index (χ2v) is 8.05. The highest BCUT2D eigenvalue weighted by atomic mass is 16.2. The van der Waals surface area contributed by atoms with Gasteiger partial charge in [0, 0.05) is 30.5 Å². The van der Waals surface area contributed by atoms with Crippen LogP contribution in [0.5, 0.6) is 0 Å². The van der Waals surface area contributed by atoms with Crippen LogP contribution >= 0.6 is 0 Å². The first-order chi connectivity index (χ1) is 10.9. The molecule has 5 heteroatoms. The Bertz CT molecular complexity index is 408. The highest BCUT2D eigenvalue weighted by Crippen LogP contribution is 2.28. The van der Waals surface area contributed by atoms with Gasteiger partial charge < -0.3 is 16.4 Å². The third kappa shape index (κ3) is 5.79. The predicted octanol–water partition coefficient (Wildman–Crippen LogP) is 2.10. The molecular formula is C18H33N3O2. The minimum Gasteiger partial charge on any atom is -0.353 e. The molecule has 4 N–H and O–H groups in total. The van der Waals surface area contributed by atoms with Gasteiger partial charge in [0.2, 0.25) is 11.8 Å². The van der Waals surface area contributed by atoms with Crippen LogP contribution in [0.2, 0.25) is 0 Å². The summed E-state index contributed by atoms with van der Waals surface area (Å²) in [5.74, 6) is 0.963. The van der Waals surface area contributed by atoms with Gasteiger partial charge >= 0.3 is 0 Å². The summed E-state index contributed by atoms with van der Waals surface area (Å²) in [6.45, 7) is 4.32. The van der Waals surface area contributed by atoms with Crippen molar-refractivity contribution in [1.29, 1.82) is 0 Å². The van der Waals surface area contributed by atoms with Crippen LogP contribution in [-0.4, -0.2) is 29.9 Å². The zero-order valence-electron chi connectivity index (χ0n) is 14.7. The van der Waals surface area contributed by atoms with Crippen LogP contribution in [0.25, 0.3) is 0 Å². The van der Waals surface area contributed by atoms with Crippen LogP contribution in [-0.2, 0) is 9.59 Å². The Kier molecular flexibility index (Phi) is 6.45. The van der Waals surface area contributed by atoms with Gasteiger partial charge in [-0.05, 0) is 58.3 Å². The Morgan fingerprint density at radius 2 is 1.65 bits per heavy atom. The zero-order chi connectivity index (χ0) is 16.9. The lowest BCUT2D eigenvalue weighted by Crippen LogP contribution is -2.51. The highest BCUT2D eigenvalue weighted by molar-refractivity contribution is 5.79. The van der Waals surface area contributed by atoms with Crippen molar-refractivity contribution < 1.29 is 9.59 Å². The lowest BCUT2D eigenvalue weighted by atomic mass is 9.84. The van der Waals surface area contributed by atoms with E-state index in [1.807, 2.05) is 13.8 Å². The second-order valence-electron chi connectivity index (χ2n) is 8.05. The number of hydrogen-bond donors (Lipinski definition) is 3. The van der Waals surface area contributed by atoms with Gasteiger partial charge in [-0.3, -0.25) is 9.59 Å². The first-order valence-electron chi connectivity index (χ1n) is 9.21. The van der Waals surface area contributed by atoms with Crippen LogP contribution < -0.4 is 16.4 Å². The SMILES string of the molecule is CC(C)(CN)NC(=O)C1CCC(NC(=O)CC2CCCC2)CC1. The first-order valence-corrected chi connectivity index (χ1v) is 9.21. The molecule has 0 aliphatic heterocycles. The van der Waals surface area contributed by atoms with E-state index in [-0.39, 0.29) is 29.3 Å². The summed E-state index contributed by atoms with van der Waals surface area (Å²) in [5, 5.41) is 6.20. The molecule has 2 saturated carbocycles. The van der Waals surface area contributed by atoms with Gasteiger partial charge in [-0.15, -0.1) is 0 Å². The van der Waals surface area contributed by atoms with E-state index in [1.165, 1.54) is 25.7 Å². The molecule has 0 saturated heterocycles. The van der Waals surface area contributed by atoms with Crippen molar-refractivity contribution >= 4 is 11.8 Å². The molecule has 0 unspecified atom stereocenters. The summed E-state index contributed by atoms with van der Waals surface area (Å²) in [4.78, 5) is 24.4. The monoisotopic (exact) mass is 323 g/mol. The number of amides is 2. The fourth-order valence-corrected chi connectivity index (χ4v) is 3.75. The van der Waals surface area contributed by atoms with Crippen LogP contribution in [0, 0.1) is 11.8 Å². The molecular weight excluding hydrogens is 290 g/mol. The fourth-order valence-electron chi connectivity index (χ4n) is 3.75. The van der Waals surface area contributed by atoms with Crippen molar-refractivity contribution in [3.63, 3.8) is 0 Å². The second kappa shape index (κ2) is 8.13. The number of nitrogens with one attached hydrogen (secondary N) is 2. The number of hydrogen-bond acceptors (Lipinski definition) is 3. The van der Waals surface area contributed by atoms with Gasteiger partial charge in [0.15, 0.2) is 0 Å². The van der Waals surface area contributed by atoms with E-state index < -0.39 is 0 Å². The van der Waals surface area contributed by atoms with Crippen molar-refractivity contribution in [1.82, 2.24) is 10.6 Å². The minimum absolute atomic E-state index is 0.0591. The van der Waals surface area contributed by atoms with E-state index in [2.05, 4.69) is 10.6 Å². The molecule has 0 spiro atoms. The normalized spacial score (nSPS) is 26.0. The lowest BCUT2D eigenvalue weighted by Gasteiger charge is -2.32. The van der Waals surface area contributed by atoms with Crippen LogP contribution in [0.1, 0.15) is 71.6 Å². The minimum atomic E-state index is -0.344. The van der Waals surface area contributed by atoms with E-state index in [4.69, 9.17) is 5.73 Å². The molecule has 0 heterocycles. The Hall–Kier alpha value is -1.10. The maximum atomic E-state index is 12.3. The highest BCUT2D eigenvalue weighted by Gasteiger charge is 2.30. The van der Waals surface area contributed by atoms with E-state index in [0.29, 0.717) is 18.9 Å². The molecule has 0 aromatic rings. The van der Waals surface area contributed by atoms with Crippen molar-refractivity contribution in [3.05, 3.63) is 0 Å². The molecule has 23 heavy (non-hydrogen) atoms. The largest absolute Gasteiger partial charge is 0.353 e.